The summed E-state index contributed by atoms with van der Waals surface area (Å²) in [6, 6.07) is 12.1. The first kappa shape index (κ1) is 13.6. The second kappa shape index (κ2) is 6.34. The van der Waals surface area contributed by atoms with Crippen molar-refractivity contribution in [1.82, 2.24) is 10.3 Å². The largest absolute Gasteiger partial charge is 0.439 e. The van der Waals surface area contributed by atoms with Crippen LogP contribution >= 0.6 is 0 Å². The van der Waals surface area contributed by atoms with E-state index in [4.69, 9.17) is 4.74 Å². The minimum Gasteiger partial charge on any atom is -0.439 e. The van der Waals surface area contributed by atoms with Crippen LogP contribution in [0.4, 0.5) is 0 Å². The van der Waals surface area contributed by atoms with Gasteiger partial charge in [0.2, 0.25) is 5.88 Å². The molecule has 0 spiro atoms. The highest BCUT2D eigenvalue weighted by Crippen LogP contribution is 2.21. The monoisotopic (exact) mass is 256 g/mol. The lowest BCUT2D eigenvalue weighted by atomic mass is 10.2. The maximum atomic E-state index is 5.76. The van der Waals surface area contributed by atoms with Crippen LogP contribution in [-0.2, 0) is 13.0 Å². The quantitative estimate of drug-likeness (QED) is 0.889. The van der Waals surface area contributed by atoms with Crippen molar-refractivity contribution < 1.29 is 4.74 Å². The molecule has 1 aromatic carbocycles. The molecule has 3 nitrogen and oxygen atoms in total. The summed E-state index contributed by atoms with van der Waals surface area (Å²) < 4.78 is 5.76. The third-order valence-electron chi connectivity index (χ3n) is 3.09. The smallest absolute Gasteiger partial charge is 0.219 e. The van der Waals surface area contributed by atoms with Crippen molar-refractivity contribution in [2.24, 2.45) is 0 Å². The Morgan fingerprint density at radius 3 is 2.42 bits per heavy atom. The highest BCUT2D eigenvalue weighted by atomic mass is 16.5. The Morgan fingerprint density at radius 1 is 1.11 bits per heavy atom. The fourth-order valence-electron chi connectivity index (χ4n) is 1.91. The number of pyridine rings is 1. The van der Waals surface area contributed by atoms with E-state index in [9.17, 15) is 0 Å². The van der Waals surface area contributed by atoms with Crippen molar-refractivity contribution in [2.45, 2.75) is 26.8 Å². The van der Waals surface area contributed by atoms with E-state index in [1.54, 1.807) is 0 Å². The van der Waals surface area contributed by atoms with Crippen LogP contribution in [0.5, 0.6) is 11.6 Å². The number of rotatable bonds is 5. The van der Waals surface area contributed by atoms with Gasteiger partial charge in [0.05, 0.1) is 0 Å². The molecule has 0 amide bonds. The molecule has 0 radical (unpaired) electrons. The zero-order valence-corrected chi connectivity index (χ0v) is 11.7. The van der Waals surface area contributed by atoms with Gasteiger partial charge in [-0.1, -0.05) is 25.1 Å². The third-order valence-corrected chi connectivity index (χ3v) is 3.09. The summed E-state index contributed by atoms with van der Waals surface area (Å²) in [5.74, 6) is 1.46. The van der Waals surface area contributed by atoms with Gasteiger partial charge in [-0.15, -0.1) is 0 Å². The summed E-state index contributed by atoms with van der Waals surface area (Å²) in [4.78, 5) is 4.47. The lowest BCUT2D eigenvalue weighted by Crippen LogP contribution is -2.07. The molecule has 19 heavy (non-hydrogen) atoms. The molecule has 0 atom stereocenters. The number of benzene rings is 1. The van der Waals surface area contributed by atoms with Crippen molar-refractivity contribution in [1.29, 1.82) is 0 Å². The fraction of sp³-hybridized carbons (Fsp3) is 0.312. The van der Waals surface area contributed by atoms with Gasteiger partial charge < -0.3 is 10.1 Å². The first-order valence-electron chi connectivity index (χ1n) is 6.61. The number of ether oxygens (including phenoxy) is 1. The Bertz CT molecular complexity index is 535. The van der Waals surface area contributed by atoms with Crippen molar-refractivity contribution in [3.63, 3.8) is 0 Å². The predicted octanol–water partition coefficient (Wildman–Crippen LogP) is 3.46. The van der Waals surface area contributed by atoms with Gasteiger partial charge in [-0.3, -0.25) is 0 Å². The molecule has 3 heteroatoms. The zero-order chi connectivity index (χ0) is 13.7. The van der Waals surface area contributed by atoms with E-state index in [1.165, 1.54) is 11.1 Å². The molecule has 0 saturated heterocycles. The summed E-state index contributed by atoms with van der Waals surface area (Å²) >= 11 is 0. The Kier molecular flexibility index (Phi) is 4.53. The Labute approximate surface area is 114 Å². The summed E-state index contributed by atoms with van der Waals surface area (Å²) in [5, 5.41) is 3.13. The summed E-state index contributed by atoms with van der Waals surface area (Å²) in [7, 11) is 1.93. The van der Waals surface area contributed by atoms with Crippen LogP contribution in [0, 0.1) is 6.92 Å². The topological polar surface area (TPSA) is 34.1 Å². The van der Waals surface area contributed by atoms with Crippen LogP contribution in [0.1, 0.15) is 23.7 Å². The van der Waals surface area contributed by atoms with E-state index in [2.05, 4.69) is 35.4 Å². The average Bonchev–Trinajstić information content (AvgIpc) is 2.43. The molecule has 1 heterocycles. The average molecular weight is 256 g/mol. The summed E-state index contributed by atoms with van der Waals surface area (Å²) in [6.45, 7) is 4.96. The molecular weight excluding hydrogens is 236 g/mol. The van der Waals surface area contributed by atoms with Crippen LogP contribution in [0.2, 0.25) is 0 Å². The third kappa shape index (κ3) is 3.55. The number of nitrogens with zero attached hydrogens (tertiary/aromatic N) is 1. The highest BCUT2D eigenvalue weighted by molar-refractivity contribution is 5.32. The van der Waals surface area contributed by atoms with E-state index in [-0.39, 0.29) is 0 Å². The number of hydrogen-bond donors (Lipinski definition) is 1. The van der Waals surface area contributed by atoms with Crippen molar-refractivity contribution in [3.8, 4) is 11.6 Å². The standard InChI is InChI=1S/C16H20N2O/c1-4-13-5-8-15(9-6-13)19-16-10-7-14(11-17-3)12(2)18-16/h5-10,17H,4,11H2,1-3H3. The maximum Gasteiger partial charge on any atom is 0.219 e. The van der Waals surface area contributed by atoms with Crippen molar-refractivity contribution >= 4 is 0 Å². The van der Waals surface area contributed by atoms with Crippen LogP contribution in [0.25, 0.3) is 0 Å². The molecule has 0 fully saturated rings. The van der Waals surface area contributed by atoms with E-state index in [0.717, 1.165) is 24.4 Å². The van der Waals surface area contributed by atoms with Crippen molar-refractivity contribution in [3.05, 3.63) is 53.2 Å². The van der Waals surface area contributed by atoms with Crippen LogP contribution in [0.15, 0.2) is 36.4 Å². The minimum absolute atomic E-state index is 0.640. The Balaban J connectivity index is 2.11. The lowest BCUT2D eigenvalue weighted by Gasteiger charge is -2.09. The molecule has 2 rings (SSSR count). The SMILES string of the molecule is CCc1ccc(Oc2ccc(CNC)c(C)n2)cc1. The predicted molar refractivity (Wildman–Crippen MR) is 77.6 cm³/mol. The first-order chi connectivity index (χ1) is 9.22. The van der Waals surface area contributed by atoms with E-state index < -0.39 is 0 Å². The molecule has 1 N–H and O–H groups in total. The van der Waals surface area contributed by atoms with E-state index >= 15 is 0 Å². The number of hydrogen-bond acceptors (Lipinski definition) is 3. The molecule has 0 aliphatic carbocycles. The molecule has 0 aliphatic heterocycles. The fourth-order valence-corrected chi connectivity index (χ4v) is 1.91. The minimum atomic E-state index is 0.640. The molecule has 2 aromatic rings. The maximum absolute atomic E-state index is 5.76. The molecule has 100 valence electrons. The van der Waals surface area contributed by atoms with Crippen molar-refractivity contribution in [2.75, 3.05) is 7.05 Å². The van der Waals surface area contributed by atoms with Gasteiger partial charge in [-0.2, -0.15) is 0 Å². The number of nitrogens with one attached hydrogen (secondary N) is 1. The Hall–Kier alpha value is -1.87. The normalized spacial score (nSPS) is 10.5. The van der Waals surface area contributed by atoms with Gasteiger partial charge >= 0.3 is 0 Å². The molecule has 0 aliphatic rings. The van der Waals surface area contributed by atoms with Gasteiger partial charge in [0.1, 0.15) is 5.75 Å². The zero-order valence-electron chi connectivity index (χ0n) is 11.7. The first-order valence-corrected chi connectivity index (χ1v) is 6.61. The van der Waals surface area contributed by atoms with Gasteiger partial charge in [0, 0.05) is 18.3 Å². The summed E-state index contributed by atoms with van der Waals surface area (Å²) in [5.41, 5.74) is 3.49. The second-order valence-corrected chi connectivity index (χ2v) is 4.52. The summed E-state index contributed by atoms with van der Waals surface area (Å²) in [6.07, 6.45) is 1.04. The van der Waals surface area contributed by atoms with Gasteiger partial charge in [0.15, 0.2) is 0 Å². The van der Waals surface area contributed by atoms with Crippen LogP contribution < -0.4 is 10.1 Å². The van der Waals surface area contributed by atoms with Crippen LogP contribution in [-0.4, -0.2) is 12.0 Å². The number of aryl methyl sites for hydroxylation is 2. The molecule has 0 unspecified atom stereocenters. The van der Waals surface area contributed by atoms with E-state index in [1.807, 2.05) is 32.2 Å². The molecule has 0 saturated carbocycles. The van der Waals surface area contributed by atoms with Gasteiger partial charge in [-0.25, -0.2) is 4.98 Å². The van der Waals surface area contributed by atoms with Gasteiger partial charge in [-0.05, 0) is 43.7 Å². The molecule has 1 aromatic heterocycles. The molecule has 0 bridgehead atoms. The van der Waals surface area contributed by atoms with Crippen LogP contribution in [0.3, 0.4) is 0 Å². The highest BCUT2D eigenvalue weighted by Gasteiger charge is 2.03. The van der Waals surface area contributed by atoms with Gasteiger partial charge in [0.25, 0.3) is 0 Å². The van der Waals surface area contributed by atoms with E-state index in [0.29, 0.717) is 5.88 Å². The number of aromatic nitrogens is 1. The molecular formula is C16H20N2O. The lowest BCUT2D eigenvalue weighted by molar-refractivity contribution is 0.461. The Morgan fingerprint density at radius 2 is 1.84 bits per heavy atom. The second-order valence-electron chi connectivity index (χ2n) is 4.52.